The second-order valence-corrected chi connectivity index (χ2v) is 6.69. The molecule has 0 fully saturated rings. The van der Waals surface area contributed by atoms with Gasteiger partial charge in [0.15, 0.2) is 5.96 Å². The highest BCUT2D eigenvalue weighted by molar-refractivity contribution is 14.0. The molecule has 0 bridgehead atoms. The van der Waals surface area contributed by atoms with Crippen LogP contribution in [-0.4, -0.2) is 36.5 Å². The molecule has 2 aromatic rings. The van der Waals surface area contributed by atoms with Crippen molar-refractivity contribution in [1.29, 1.82) is 0 Å². The molecule has 0 aliphatic heterocycles. The van der Waals surface area contributed by atoms with E-state index in [1.54, 1.807) is 18.4 Å². The van der Waals surface area contributed by atoms with Gasteiger partial charge in [0.1, 0.15) is 0 Å². The molecule has 144 valence electrons. The third kappa shape index (κ3) is 6.75. The Morgan fingerprint density at radius 1 is 1.27 bits per heavy atom. The van der Waals surface area contributed by atoms with Crippen molar-refractivity contribution in [3.8, 4) is 0 Å². The zero-order valence-electron chi connectivity index (χ0n) is 14.8. The lowest BCUT2D eigenvalue weighted by Crippen LogP contribution is -2.39. The zero-order chi connectivity index (χ0) is 18.4. The molecule has 0 atom stereocenters. The van der Waals surface area contributed by atoms with Crippen molar-refractivity contribution < 1.29 is 13.2 Å². The molecule has 0 aliphatic rings. The van der Waals surface area contributed by atoms with Crippen LogP contribution in [0, 0.1) is 6.92 Å². The second kappa shape index (κ2) is 10.1. The first-order valence-electron chi connectivity index (χ1n) is 7.78. The number of rotatable bonds is 5. The number of guanidine groups is 1. The fraction of sp³-hybridized carbons (Fsp3) is 0.412. The van der Waals surface area contributed by atoms with Crippen LogP contribution in [0.5, 0.6) is 0 Å². The summed E-state index contributed by atoms with van der Waals surface area (Å²) in [5.74, 6) is 0.720. The molecular formula is C17H22F3IN4S. The van der Waals surface area contributed by atoms with Crippen LogP contribution in [0.15, 0.2) is 34.6 Å². The smallest absolute Gasteiger partial charge is 0.356 e. The topological polar surface area (TPSA) is 40.5 Å². The summed E-state index contributed by atoms with van der Waals surface area (Å²) in [4.78, 5) is 10.6. The largest absolute Gasteiger partial charge is 0.416 e. The van der Waals surface area contributed by atoms with Crippen LogP contribution in [0.4, 0.5) is 13.2 Å². The van der Waals surface area contributed by atoms with E-state index < -0.39 is 11.7 Å². The minimum absolute atomic E-state index is 0. The number of nitrogens with one attached hydrogen (secondary N) is 1. The summed E-state index contributed by atoms with van der Waals surface area (Å²) < 4.78 is 37.7. The molecule has 1 heterocycles. The van der Waals surface area contributed by atoms with Gasteiger partial charge in [-0.15, -0.1) is 35.3 Å². The molecule has 4 nitrogen and oxygen atoms in total. The maximum absolute atomic E-state index is 12.6. The summed E-state index contributed by atoms with van der Waals surface area (Å²) in [6.45, 7) is 3.19. The Bertz CT molecular complexity index is 714. The fourth-order valence-electron chi connectivity index (χ4n) is 2.36. The Hall–Kier alpha value is -1.36. The van der Waals surface area contributed by atoms with Crippen LogP contribution >= 0.6 is 35.3 Å². The first-order chi connectivity index (χ1) is 11.8. The summed E-state index contributed by atoms with van der Waals surface area (Å²) in [7, 11) is 3.62. The van der Waals surface area contributed by atoms with Gasteiger partial charge in [-0.25, -0.2) is 4.98 Å². The van der Waals surface area contributed by atoms with E-state index in [1.807, 2.05) is 24.3 Å². The summed E-state index contributed by atoms with van der Waals surface area (Å²) in [6.07, 6.45) is -3.68. The summed E-state index contributed by atoms with van der Waals surface area (Å²) in [5.41, 5.74) is 1.20. The number of aromatic nitrogens is 1. The van der Waals surface area contributed by atoms with E-state index in [9.17, 15) is 13.2 Å². The van der Waals surface area contributed by atoms with Gasteiger partial charge in [-0.1, -0.05) is 12.1 Å². The third-order valence-electron chi connectivity index (χ3n) is 3.62. The number of nitrogens with zero attached hydrogens (tertiary/aromatic N) is 3. The summed E-state index contributed by atoms with van der Waals surface area (Å²) in [5, 5.41) is 6.26. The molecule has 0 spiro atoms. The Morgan fingerprint density at radius 2 is 1.92 bits per heavy atom. The van der Waals surface area contributed by atoms with Gasteiger partial charge < -0.3 is 10.2 Å². The highest BCUT2D eigenvalue weighted by atomic mass is 127. The van der Waals surface area contributed by atoms with Crippen molar-refractivity contribution in [1.82, 2.24) is 15.2 Å². The van der Waals surface area contributed by atoms with Crippen LogP contribution in [0.2, 0.25) is 0 Å². The Morgan fingerprint density at radius 3 is 2.42 bits per heavy atom. The van der Waals surface area contributed by atoms with Gasteiger partial charge in [-0.05, 0) is 31.0 Å². The van der Waals surface area contributed by atoms with Gasteiger partial charge in [0, 0.05) is 26.0 Å². The first-order valence-corrected chi connectivity index (χ1v) is 8.66. The average Bonchev–Trinajstić information content (AvgIpc) is 2.96. The third-order valence-corrected chi connectivity index (χ3v) is 4.44. The number of aryl methyl sites for hydroxylation is 1. The van der Waals surface area contributed by atoms with Crippen LogP contribution in [0.3, 0.4) is 0 Å². The van der Waals surface area contributed by atoms with Gasteiger partial charge in [0.25, 0.3) is 0 Å². The molecule has 0 saturated heterocycles. The van der Waals surface area contributed by atoms with E-state index >= 15 is 0 Å². The Balaban J connectivity index is 0.00000338. The van der Waals surface area contributed by atoms with Crippen molar-refractivity contribution in [2.75, 3.05) is 20.6 Å². The molecule has 0 unspecified atom stereocenters. The molecule has 1 aromatic heterocycles. The van der Waals surface area contributed by atoms with Crippen molar-refractivity contribution in [3.63, 3.8) is 0 Å². The number of halogens is 4. The van der Waals surface area contributed by atoms with Crippen molar-refractivity contribution in [3.05, 3.63) is 51.5 Å². The molecule has 0 amide bonds. The number of hydrogen-bond acceptors (Lipinski definition) is 3. The van der Waals surface area contributed by atoms with Crippen LogP contribution < -0.4 is 5.32 Å². The van der Waals surface area contributed by atoms with Gasteiger partial charge in [-0.2, -0.15) is 13.2 Å². The van der Waals surface area contributed by atoms with E-state index in [4.69, 9.17) is 0 Å². The summed E-state index contributed by atoms with van der Waals surface area (Å²) in [6, 6.07) is 5.24. The molecule has 1 N–H and O–H groups in total. The maximum atomic E-state index is 12.6. The quantitative estimate of drug-likeness (QED) is 0.379. The first kappa shape index (κ1) is 22.7. The predicted octanol–water partition coefficient (Wildman–Crippen LogP) is 4.34. The van der Waals surface area contributed by atoms with Gasteiger partial charge >= 0.3 is 6.18 Å². The number of alkyl halides is 3. The average molecular weight is 498 g/mol. The van der Waals surface area contributed by atoms with Crippen LogP contribution in [0.25, 0.3) is 0 Å². The molecule has 0 aliphatic carbocycles. The van der Waals surface area contributed by atoms with E-state index in [0.717, 1.165) is 34.4 Å². The Kier molecular flexibility index (Phi) is 8.81. The monoisotopic (exact) mass is 498 g/mol. The van der Waals surface area contributed by atoms with Crippen molar-refractivity contribution in [2.24, 2.45) is 4.99 Å². The van der Waals surface area contributed by atoms with Crippen molar-refractivity contribution >= 4 is 41.3 Å². The van der Waals surface area contributed by atoms with Crippen molar-refractivity contribution in [2.45, 2.75) is 26.1 Å². The predicted molar refractivity (Wildman–Crippen MR) is 110 cm³/mol. The second-order valence-electron chi connectivity index (χ2n) is 5.63. The zero-order valence-corrected chi connectivity index (χ0v) is 17.9. The normalized spacial score (nSPS) is 11.8. The minimum atomic E-state index is -4.30. The number of thiazole rings is 1. The van der Waals surface area contributed by atoms with Gasteiger partial charge in [0.2, 0.25) is 0 Å². The lowest BCUT2D eigenvalue weighted by molar-refractivity contribution is -0.137. The lowest BCUT2D eigenvalue weighted by atomic mass is 10.1. The van der Waals surface area contributed by atoms with E-state index in [-0.39, 0.29) is 24.0 Å². The van der Waals surface area contributed by atoms with E-state index in [0.29, 0.717) is 19.5 Å². The Labute approximate surface area is 172 Å². The SMILES string of the molecule is CN=C(NCCc1ccc(C(F)(F)F)cc1)N(C)Cc1csc(C)n1.I. The number of hydrogen-bond donors (Lipinski definition) is 1. The minimum Gasteiger partial charge on any atom is -0.356 e. The number of aliphatic imine (C=N–C) groups is 1. The highest BCUT2D eigenvalue weighted by Gasteiger charge is 2.29. The van der Waals surface area contributed by atoms with Gasteiger partial charge in [-0.3, -0.25) is 4.99 Å². The lowest BCUT2D eigenvalue weighted by Gasteiger charge is -2.21. The van der Waals surface area contributed by atoms with E-state index in [2.05, 4.69) is 15.3 Å². The fourth-order valence-corrected chi connectivity index (χ4v) is 2.97. The maximum Gasteiger partial charge on any atom is 0.416 e. The molecule has 1 aromatic carbocycles. The highest BCUT2D eigenvalue weighted by Crippen LogP contribution is 2.29. The molecule has 2 rings (SSSR count). The molecule has 0 saturated carbocycles. The molecular weight excluding hydrogens is 476 g/mol. The molecule has 26 heavy (non-hydrogen) atoms. The molecule has 9 heteroatoms. The number of benzene rings is 1. The van der Waals surface area contributed by atoms with E-state index in [1.165, 1.54) is 12.1 Å². The standard InChI is InChI=1S/C17H21F3N4S.HI/c1-12-23-15(11-25-12)10-24(3)16(21-2)22-9-8-13-4-6-14(7-5-13)17(18,19)20;/h4-7,11H,8-10H2,1-3H3,(H,21,22);1H. The van der Waals surface area contributed by atoms with Crippen LogP contribution in [0.1, 0.15) is 21.8 Å². The molecule has 0 radical (unpaired) electrons. The summed E-state index contributed by atoms with van der Waals surface area (Å²) >= 11 is 1.61. The van der Waals surface area contributed by atoms with Crippen LogP contribution in [-0.2, 0) is 19.1 Å². The van der Waals surface area contributed by atoms with Gasteiger partial charge in [0.05, 0.1) is 22.8 Å².